The molecule has 6 nitrogen and oxygen atoms in total. The molecule has 1 aliphatic rings. The van der Waals surface area contributed by atoms with Crippen molar-refractivity contribution in [1.29, 1.82) is 5.26 Å². The first-order valence-corrected chi connectivity index (χ1v) is 12.6. The number of amides is 1. The molecule has 0 aliphatic heterocycles. The third-order valence-corrected chi connectivity index (χ3v) is 8.18. The van der Waals surface area contributed by atoms with Gasteiger partial charge in [-0.05, 0) is 61.9 Å². The number of anilines is 2. The van der Waals surface area contributed by atoms with Crippen LogP contribution in [0.4, 0.5) is 10.7 Å². The summed E-state index contributed by atoms with van der Waals surface area (Å²) in [5, 5.41) is 13.1. The van der Waals surface area contributed by atoms with Crippen LogP contribution in [-0.2, 0) is 22.9 Å². The number of hydrogen-bond acceptors (Lipinski definition) is 5. The van der Waals surface area contributed by atoms with E-state index in [4.69, 9.17) is 0 Å². The van der Waals surface area contributed by atoms with E-state index in [2.05, 4.69) is 23.0 Å². The molecule has 0 spiro atoms. The monoisotopic (exact) mass is 465 g/mol. The van der Waals surface area contributed by atoms with E-state index in [-0.39, 0.29) is 16.1 Å². The van der Waals surface area contributed by atoms with Crippen LogP contribution in [0.25, 0.3) is 0 Å². The van der Waals surface area contributed by atoms with Gasteiger partial charge in [-0.25, -0.2) is 8.42 Å². The number of para-hydroxylation sites is 1. The van der Waals surface area contributed by atoms with Gasteiger partial charge in [0.2, 0.25) is 0 Å². The Labute approximate surface area is 192 Å². The maximum absolute atomic E-state index is 13.1. The number of carbonyl (C=O) groups is 1. The van der Waals surface area contributed by atoms with E-state index in [9.17, 15) is 18.5 Å². The van der Waals surface area contributed by atoms with Gasteiger partial charge in [0.15, 0.2) is 0 Å². The van der Waals surface area contributed by atoms with Crippen LogP contribution in [-0.4, -0.2) is 14.3 Å². The van der Waals surface area contributed by atoms with E-state index >= 15 is 0 Å². The van der Waals surface area contributed by atoms with Crippen LogP contribution in [0.1, 0.15) is 45.3 Å². The predicted octanol–water partition coefficient (Wildman–Crippen LogP) is 5.11. The van der Waals surface area contributed by atoms with Crippen LogP contribution in [0, 0.1) is 24.2 Å². The number of thiophene rings is 1. The minimum absolute atomic E-state index is 0.116. The highest BCUT2D eigenvalue weighted by molar-refractivity contribution is 7.92. The Morgan fingerprint density at radius 1 is 1.16 bits per heavy atom. The molecule has 2 aromatic carbocycles. The summed E-state index contributed by atoms with van der Waals surface area (Å²) in [6, 6.07) is 15.2. The predicted molar refractivity (Wildman–Crippen MR) is 127 cm³/mol. The highest BCUT2D eigenvalue weighted by Crippen LogP contribution is 2.39. The zero-order valence-corrected chi connectivity index (χ0v) is 19.4. The fraction of sp³-hybridized carbons (Fsp3) is 0.250. The Balaban J connectivity index is 1.62. The zero-order valence-electron chi connectivity index (χ0n) is 17.8. The minimum atomic E-state index is -3.86. The summed E-state index contributed by atoms with van der Waals surface area (Å²) in [5.74, 6) is 0.0417. The van der Waals surface area contributed by atoms with Gasteiger partial charge in [-0.15, -0.1) is 11.3 Å². The van der Waals surface area contributed by atoms with Crippen molar-refractivity contribution in [2.24, 2.45) is 5.92 Å². The number of hydrogen-bond donors (Lipinski definition) is 2. The summed E-state index contributed by atoms with van der Waals surface area (Å²) in [6.45, 7) is 4.04. The van der Waals surface area contributed by atoms with Gasteiger partial charge in [0, 0.05) is 4.88 Å². The van der Waals surface area contributed by atoms with Gasteiger partial charge in [0.25, 0.3) is 15.9 Å². The summed E-state index contributed by atoms with van der Waals surface area (Å²) in [6.07, 6.45) is 2.80. The van der Waals surface area contributed by atoms with Gasteiger partial charge in [0.05, 0.1) is 21.7 Å². The number of benzene rings is 2. The van der Waals surface area contributed by atoms with Gasteiger partial charge in [-0.3, -0.25) is 9.52 Å². The van der Waals surface area contributed by atoms with Gasteiger partial charge >= 0.3 is 0 Å². The highest BCUT2D eigenvalue weighted by atomic mass is 32.2. The summed E-state index contributed by atoms with van der Waals surface area (Å²) in [7, 11) is -3.86. The average molecular weight is 466 g/mol. The van der Waals surface area contributed by atoms with Crippen molar-refractivity contribution in [2.45, 2.75) is 38.0 Å². The molecule has 2 N–H and O–H groups in total. The topological polar surface area (TPSA) is 99.1 Å². The van der Waals surface area contributed by atoms with Crippen LogP contribution in [0.2, 0.25) is 0 Å². The first-order valence-electron chi connectivity index (χ1n) is 10.3. The number of nitrogens with one attached hydrogen (secondary N) is 2. The molecule has 1 heterocycles. The van der Waals surface area contributed by atoms with Gasteiger partial charge in [-0.2, -0.15) is 5.26 Å². The Morgan fingerprint density at radius 2 is 1.88 bits per heavy atom. The number of rotatable bonds is 5. The molecule has 0 radical (unpaired) electrons. The number of nitrogens with zero attached hydrogens (tertiary/aromatic N) is 1. The van der Waals surface area contributed by atoms with Crippen LogP contribution in [0.15, 0.2) is 53.4 Å². The van der Waals surface area contributed by atoms with Crippen LogP contribution < -0.4 is 10.0 Å². The number of carbonyl (C=O) groups excluding carboxylic acids is 1. The lowest BCUT2D eigenvalue weighted by Crippen LogP contribution is -2.18. The smallest absolute Gasteiger partial charge is 0.261 e. The molecule has 0 saturated carbocycles. The lowest BCUT2D eigenvalue weighted by Gasteiger charge is -2.17. The Bertz CT molecular complexity index is 1320. The normalized spacial score (nSPS) is 15.5. The van der Waals surface area contributed by atoms with Gasteiger partial charge in [-0.1, -0.05) is 36.8 Å². The number of sulfonamides is 1. The second-order valence-corrected chi connectivity index (χ2v) is 10.9. The number of nitriles is 1. The molecule has 164 valence electrons. The molecule has 0 unspecified atom stereocenters. The van der Waals surface area contributed by atoms with Crippen LogP contribution in [0.3, 0.4) is 0 Å². The van der Waals surface area contributed by atoms with Crippen molar-refractivity contribution in [1.82, 2.24) is 0 Å². The summed E-state index contributed by atoms with van der Waals surface area (Å²) >= 11 is 1.44. The van der Waals surface area contributed by atoms with E-state index in [0.717, 1.165) is 35.3 Å². The standard InChI is InChI=1S/C24H23N3O3S2/c1-15-7-10-17(11-8-15)32(29,30)27-21-6-4-3-5-18(21)23(28)26-24-20(14-25)19-13-16(2)9-12-22(19)31-24/h3-8,10-11,16,27H,9,12-13H2,1-2H3,(H,26,28)/t16-/m1/s1. The second-order valence-electron chi connectivity index (χ2n) is 8.09. The van der Waals surface area contributed by atoms with Crippen molar-refractivity contribution in [3.8, 4) is 6.07 Å². The first kappa shape index (κ1) is 22.1. The van der Waals surface area contributed by atoms with E-state index in [1.807, 2.05) is 6.92 Å². The largest absolute Gasteiger partial charge is 0.312 e. The molecule has 0 saturated heterocycles. The SMILES string of the molecule is Cc1ccc(S(=O)(=O)Nc2ccccc2C(=O)Nc2sc3c(c2C#N)C[C@H](C)CC3)cc1. The quantitative estimate of drug-likeness (QED) is 0.547. The fourth-order valence-corrected chi connectivity index (χ4v) is 6.10. The molecule has 32 heavy (non-hydrogen) atoms. The molecule has 1 aliphatic carbocycles. The molecule has 3 aromatic rings. The summed E-state index contributed by atoms with van der Waals surface area (Å²) in [5.41, 5.74) is 2.86. The Hall–Kier alpha value is -3.15. The van der Waals surface area contributed by atoms with Crippen molar-refractivity contribution in [2.75, 3.05) is 10.0 Å². The van der Waals surface area contributed by atoms with E-state index in [0.29, 0.717) is 16.5 Å². The molecule has 1 aromatic heterocycles. The van der Waals surface area contributed by atoms with E-state index in [1.165, 1.54) is 23.5 Å². The maximum Gasteiger partial charge on any atom is 0.261 e. The molecule has 0 fully saturated rings. The molecule has 0 bridgehead atoms. The van der Waals surface area contributed by atoms with Crippen molar-refractivity contribution in [3.63, 3.8) is 0 Å². The van der Waals surface area contributed by atoms with Gasteiger partial charge in [0.1, 0.15) is 11.1 Å². The molecule has 4 rings (SSSR count). The molecular formula is C24H23N3O3S2. The molecule has 8 heteroatoms. The Kier molecular flexibility index (Phi) is 6.04. The van der Waals surface area contributed by atoms with Crippen molar-refractivity contribution >= 4 is 38.0 Å². The molecule has 1 atom stereocenters. The van der Waals surface area contributed by atoms with Crippen molar-refractivity contribution < 1.29 is 13.2 Å². The molecule has 1 amide bonds. The third kappa shape index (κ3) is 4.40. The lowest BCUT2D eigenvalue weighted by molar-refractivity contribution is 0.102. The van der Waals surface area contributed by atoms with E-state index in [1.54, 1.807) is 36.4 Å². The number of fused-ring (bicyclic) bond motifs is 1. The van der Waals surface area contributed by atoms with Gasteiger partial charge < -0.3 is 5.32 Å². The molecular weight excluding hydrogens is 442 g/mol. The summed E-state index contributed by atoms with van der Waals surface area (Å²) in [4.78, 5) is 14.4. The Morgan fingerprint density at radius 3 is 2.59 bits per heavy atom. The lowest BCUT2D eigenvalue weighted by atomic mass is 9.88. The van der Waals surface area contributed by atoms with Crippen molar-refractivity contribution in [3.05, 3.63) is 75.7 Å². The maximum atomic E-state index is 13.1. The summed E-state index contributed by atoms with van der Waals surface area (Å²) < 4.78 is 28.2. The highest BCUT2D eigenvalue weighted by Gasteiger charge is 2.26. The fourth-order valence-electron chi connectivity index (χ4n) is 3.83. The first-order chi connectivity index (χ1) is 15.3. The van der Waals surface area contributed by atoms with E-state index < -0.39 is 15.9 Å². The minimum Gasteiger partial charge on any atom is -0.312 e. The third-order valence-electron chi connectivity index (χ3n) is 5.59. The zero-order chi connectivity index (χ0) is 22.9. The second kappa shape index (κ2) is 8.77. The number of aryl methyl sites for hydroxylation is 2. The van der Waals surface area contributed by atoms with Crippen LogP contribution >= 0.6 is 11.3 Å². The van der Waals surface area contributed by atoms with Crippen LogP contribution in [0.5, 0.6) is 0 Å². The average Bonchev–Trinajstić information content (AvgIpc) is 3.10.